The van der Waals surface area contributed by atoms with Gasteiger partial charge in [-0.05, 0) is 53.4 Å². The van der Waals surface area contributed by atoms with E-state index in [1.165, 1.54) is 0 Å². The molecule has 30 heavy (non-hydrogen) atoms. The molecule has 0 bridgehead atoms. The van der Waals surface area contributed by atoms with E-state index >= 15 is 0 Å². The maximum Gasteiger partial charge on any atom is 0.309 e. The first kappa shape index (κ1) is 22.5. The van der Waals surface area contributed by atoms with Gasteiger partial charge in [-0.1, -0.05) is 19.0 Å². The van der Waals surface area contributed by atoms with E-state index in [1.807, 2.05) is 40.7 Å². The van der Waals surface area contributed by atoms with E-state index in [4.69, 9.17) is 14.0 Å². The van der Waals surface area contributed by atoms with Crippen molar-refractivity contribution in [3.63, 3.8) is 0 Å². The number of carbonyl (C=O) groups excluding carboxylic acids is 1. The first-order valence-electron chi connectivity index (χ1n) is 10.8. The van der Waals surface area contributed by atoms with E-state index in [1.54, 1.807) is 0 Å². The van der Waals surface area contributed by atoms with Gasteiger partial charge >= 0.3 is 5.97 Å². The van der Waals surface area contributed by atoms with Gasteiger partial charge in [-0.15, -0.1) is 10.2 Å². The Morgan fingerprint density at radius 3 is 2.50 bits per heavy atom. The average Bonchev–Trinajstić information content (AvgIpc) is 3.16. The van der Waals surface area contributed by atoms with Crippen molar-refractivity contribution < 1.29 is 18.8 Å². The number of aromatic nitrogens is 4. The summed E-state index contributed by atoms with van der Waals surface area (Å²) in [7, 11) is 0. The van der Waals surface area contributed by atoms with Crippen LogP contribution in [-0.2, 0) is 20.7 Å². The predicted molar refractivity (Wildman–Crippen MR) is 112 cm³/mol. The molecular weight excluding hydrogens is 384 g/mol. The lowest BCUT2D eigenvalue weighted by molar-refractivity contribution is -0.159. The normalized spacial score (nSPS) is 15.8. The smallest absolute Gasteiger partial charge is 0.309 e. The highest BCUT2D eigenvalue weighted by molar-refractivity contribution is 5.70. The monoisotopic (exact) mass is 418 g/mol. The van der Waals surface area contributed by atoms with Gasteiger partial charge in [0.05, 0.1) is 12.5 Å². The van der Waals surface area contributed by atoms with Gasteiger partial charge in [0, 0.05) is 18.5 Å². The Kier molecular flexibility index (Phi) is 6.65. The van der Waals surface area contributed by atoms with E-state index in [0.29, 0.717) is 23.3 Å². The second-order valence-corrected chi connectivity index (χ2v) is 9.72. The van der Waals surface area contributed by atoms with E-state index in [9.17, 15) is 4.79 Å². The number of rotatable bonds is 9. The number of ether oxygens (including phenoxy) is 2. The molecule has 0 saturated heterocycles. The molecule has 1 aliphatic rings. The van der Waals surface area contributed by atoms with Gasteiger partial charge in [-0.2, -0.15) is 0 Å². The van der Waals surface area contributed by atoms with Crippen molar-refractivity contribution in [1.82, 2.24) is 19.9 Å². The van der Waals surface area contributed by atoms with Gasteiger partial charge in [0.1, 0.15) is 17.5 Å². The zero-order valence-corrected chi connectivity index (χ0v) is 19.1. The molecule has 0 N–H and O–H groups in total. The number of hydrogen-bond donors (Lipinski definition) is 0. The summed E-state index contributed by atoms with van der Waals surface area (Å²) in [5, 5.41) is 13.1. The first-order chi connectivity index (χ1) is 14.0. The molecule has 0 spiro atoms. The van der Waals surface area contributed by atoms with Crippen molar-refractivity contribution >= 4 is 5.97 Å². The number of hydrogen-bond acceptors (Lipinski definition) is 7. The second-order valence-electron chi connectivity index (χ2n) is 9.72. The van der Waals surface area contributed by atoms with Crippen LogP contribution in [0.3, 0.4) is 0 Å². The highest BCUT2D eigenvalue weighted by Gasteiger charge is 2.35. The fraction of sp³-hybridized carbons (Fsp3) is 0.727. The standard InChI is InChI=1S/C22H34N4O4/c1-13(2)10-16-11-17(25-30-16)20-23-24-21(26(20)15-8-9-15)18(28-14(3)4)12-19(27)29-22(5,6)7/h11,13-15,18H,8-10,12H2,1-7H3/t18-/m0/s1. The average molecular weight is 419 g/mol. The molecule has 8 nitrogen and oxygen atoms in total. The summed E-state index contributed by atoms with van der Waals surface area (Å²) in [5.41, 5.74) is 0.111. The summed E-state index contributed by atoms with van der Waals surface area (Å²) in [5.74, 6) is 2.28. The second kappa shape index (κ2) is 8.88. The molecule has 1 atom stereocenters. The zero-order valence-electron chi connectivity index (χ0n) is 19.1. The molecule has 2 heterocycles. The molecule has 3 rings (SSSR count). The summed E-state index contributed by atoms with van der Waals surface area (Å²) in [6, 6.07) is 2.21. The minimum absolute atomic E-state index is 0.0741. The predicted octanol–water partition coefficient (Wildman–Crippen LogP) is 4.66. The first-order valence-corrected chi connectivity index (χ1v) is 10.8. The van der Waals surface area contributed by atoms with Crippen LogP contribution in [0.1, 0.15) is 91.5 Å². The quantitative estimate of drug-likeness (QED) is 0.547. The lowest BCUT2D eigenvalue weighted by Gasteiger charge is -2.24. The Morgan fingerprint density at radius 1 is 1.23 bits per heavy atom. The minimum atomic E-state index is -0.553. The molecule has 1 aliphatic carbocycles. The van der Waals surface area contributed by atoms with Crippen molar-refractivity contribution in [2.45, 2.75) is 98.0 Å². The van der Waals surface area contributed by atoms with Crippen LogP contribution in [0, 0.1) is 5.92 Å². The minimum Gasteiger partial charge on any atom is -0.460 e. The fourth-order valence-corrected chi connectivity index (χ4v) is 3.37. The van der Waals surface area contributed by atoms with Crippen LogP contribution in [0.25, 0.3) is 11.5 Å². The van der Waals surface area contributed by atoms with Crippen LogP contribution >= 0.6 is 0 Å². The van der Waals surface area contributed by atoms with Crippen LogP contribution in [0.15, 0.2) is 10.6 Å². The van der Waals surface area contributed by atoms with Crippen molar-refractivity contribution in [1.29, 1.82) is 0 Å². The highest BCUT2D eigenvalue weighted by Crippen LogP contribution is 2.41. The van der Waals surface area contributed by atoms with E-state index in [2.05, 4.69) is 33.8 Å². The molecule has 2 aromatic heterocycles. The van der Waals surface area contributed by atoms with Gasteiger partial charge < -0.3 is 18.6 Å². The number of carbonyl (C=O) groups is 1. The molecule has 0 amide bonds. The summed E-state index contributed by atoms with van der Waals surface area (Å²) >= 11 is 0. The summed E-state index contributed by atoms with van der Waals surface area (Å²) in [6.45, 7) is 13.7. The molecule has 166 valence electrons. The van der Waals surface area contributed by atoms with Gasteiger partial charge in [-0.25, -0.2) is 0 Å². The maximum atomic E-state index is 12.5. The van der Waals surface area contributed by atoms with Crippen LogP contribution < -0.4 is 0 Å². The van der Waals surface area contributed by atoms with Gasteiger partial charge in [0.2, 0.25) is 0 Å². The Labute approximate surface area is 178 Å². The third kappa shape index (κ3) is 5.90. The molecule has 0 aromatic carbocycles. The fourth-order valence-electron chi connectivity index (χ4n) is 3.37. The van der Waals surface area contributed by atoms with Gasteiger partial charge in [-0.3, -0.25) is 4.79 Å². The van der Waals surface area contributed by atoms with Gasteiger partial charge in [0.25, 0.3) is 0 Å². The Bertz CT molecular complexity index is 859. The van der Waals surface area contributed by atoms with Crippen LogP contribution in [0.5, 0.6) is 0 Å². The number of nitrogens with zero attached hydrogens (tertiary/aromatic N) is 4. The lowest BCUT2D eigenvalue weighted by atomic mass is 10.1. The van der Waals surface area contributed by atoms with Gasteiger partial charge in [0.15, 0.2) is 17.3 Å². The Hall–Kier alpha value is -2.22. The Balaban J connectivity index is 1.90. The largest absolute Gasteiger partial charge is 0.460 e. The zero-order chi connectivity index (χ0) is 22.1. The maximum absolute atomic E-state index is 12.5. The van der Waals surface area contributed by atoms with Crippen LogP contribution in [0.4, 0.5) is 0 Å². The van der Waals surface area contributed by atoms with E-state index < -0.39 is 11.7 Å². The summed E-state index contributed by atoms with van der Waals surface area (Å²) in [4.78, 5) is 12.5. The number of esters is 1. The van der Waals surface area contributed by atoms with Crippen molar-refractivity contribution in [2.24, 2.45) is 5.92 Å². The van der Waals surface area contributed by atoms with Crippen molar-refractivity contribution in [3.05, 3.63) is 17.7 Å². The van der Waals surface area contributed by atoms with Crippen molar-refractivity contribution in [2.75, 3.05) is 0 Å². The third-order valence-corrected chi connectivity index (χ3v) is 4.53. The summed E-state index contributed by atoms with van der Waals surface area (Å²) < 4.78 is 19.2. The molecule has 8 heteroatoms. The molecular formula is C22H34N4O4. The van der Waals surface area contributed by atoms with Crippen LogP contribution in [0.2, 0.25) is 0 Å². The SMILES string of the molecule is CC(C)Cc1cc(-c2nnc([C@H](CC(=O)OC(C)(C)C)OC(C)C)n2C2CC2)no1. The molecule has 0 aliphatic heterocycles. The molecule has 0 radical (unpaired) electrons. The molecule has 0 unspecified atom stereocenters. The Morgan fingerprint density at radius 2 is 1.93 bits per heavy atom. The third-order valence-electron chi connectivity index (χ3n) is 4.53. The lowest BCUT2D eigenvalue weighted by Crippen LogP contribution is -2.27. The van der Waals surface area contributed by atoms with E-state index in [0.717, 1.165) is 25.0 Å². The topological polar surface area (TPSA) is 92.3 Å². The molecule has 1 fully saturated rings. The van der Waals surface area contributed by atoms with Crippen LogP contribution in [-0.4, -0.2) is 37.6 Å². The molecule has 1 saturated carbocycles. The highest BCUT2D eigenvalue weighted by atomic mass is 16.6. The van der Waals surface area contributed by atoms with E-state index in [-0.39, 0.29) is 24.5 Å². The van der Waals surface area contributed by atoms with Crippen molar-refractivity contribution in [3.8, 4) is 11.5 Å². The molecule has 2 aromatic rings. The summed E-state index contributed by atoms with van der Waals surface area (Å²) in [6.07, 6.45) is 2.36.